The number of nitrogens with one attached hydrogen (secondary N) is 1. The molecular weight excluding hydrogens is 386 g/mol. The summed E-state index contributed by atoms with van der Waals surface area (Å²) < 4.78 is 7.80. The average Bonchev–Trinajstić information content (AvgIpc) is 3.04. The molecule has 3 aromatic rings. The fraction of sp³-hybridized carbons (Fsp3) is 0.308. The van der Waals surface area contributed by atoms with E-state index in [1.807, 2.05) is 42.8 Å². The molecule has 5 nitrogen and oxygen atoms in total. The summed E-state index contributed by atoms with van der Waals surface area (Å²) >= 11 is 0. The van der Waals surface area contributed by atoms with Crippen LogP contribution in [0.25, 0.3) is 6.08 Å². The molecule has 0 bridgehead atoms. The number of hydrogen-bond acceptors (Lipinski definition) is 3. The maximum atomic E-state index is 12.4. The third kappa shape index (κ3) is 5.05. The first-order valence-electron chi connectivity index (χ1n) is 10.8. The van der Waals surface area contributed by atoms with E-state index in [4.69, 9.17) is 4.74 Å². The number of aryl methyl sites for hydroxylation is 2. The van der Waals surface area contributed by atoms with Crippen LogP contribution >= 0.6 is 0 Å². The smallest absolute Gasteiger partial charge is 0.244 e. The van der Waals surface area contributed by atoms with Crippen LogP contribution in [0.1, 0.15) is 33.6 Å². The summed E-state index contributed by atoms with van der Waals surface area (Å²) in [6, 6.07) is 16.6. The zero-order chi connectivity index (χ0) is 21.8. The van der Waals surface area contributed by atoms with Crippen LogP contribution in [0.5, 0.6) is 5.75 Å². The first-order valence-corrected chi connectivity index (χ1v) is 10.8. The van der Waals surface area contributed by atoms with Gasteiger partial charge in [0.2, 0.25) is 5.91 Å². The molecule has 160 valence electrons. The van der Waals surface area contributed by atoms with Crippen LogP contribution in [0.15, 0.2) is 54.6 Å². The Morgan fingerprint density at radius 3 is 2.74 bits per heavy atom. The number of nitrogens with zero attached hydrogens (tertiary/aromatic N) is 2. The molecule has 1 aliphatic heterocycles. The van der Waals surface area contributed by atoms with Crippen molar-refractivity contribution in [3.8, 4) is 5.75 Å². The van der Waals surface area contributed by atoms with E-state index in [9.17, 15) is 4.79 Å². The Hall–Kier alpha value is -3.34. The van der Waals surface area contributed by atoms with Gasteiger partial charge in [-0.05, 0) is 50.5 Å². The van der Waals surface area contributed by atoms with Crippen molar-refractivity contribution >= 4 is 12.0 Å². The van der Waals surface area contributed by atoms with Crippen LogP contribution in [0, 0.1) is 26.7 Å². The second kappa shape index (κ2) is 9.21. The Kier molecular flexibility index (Phi) is 6.21. The van der Waals surface area contributed by atoms with Crippen molar-refractivity contribution in [3.63, 3.8) is 0 Å². The van der Waals surface area contributed by atoms with E-state index in [-0.39, 0.29) is 11.8 Å². The first kappa shape index (κ1) is 20.9. The maximum Gasteiger partial charge on any atom is 0.244 e. The van der Waals surface area contributed by atoms with E-state index in [0.29, 0.717) is 13.2 Å². The highest BCUT2D eigenvalue weighted by Gasteiger charge is 2.19. The third-order valence-corrected chi connectivity index (χ3v) is 5.81. The molecule has 0 spiro atoms. The van der Waals surface area contributed by atoms with Crippen molar-refractivity contribution < 1.29 is 9.53 Å². The molecule has 31 heavy (non-hydrogen) atoms. The van der Waals surface area contributed by atoms with E-state index in [1.165, 1.54) is 16.7 Å². The molecule has 5 heteroatoms. The number of fused-ring (bicyclic) bond motifs is 1. The number of aromatic nitrogens is 2. The highest BCUT2D eigenvalue weighted by atomic mass is 16.5. The summed E-state index contributed by atoms with van der Waals surface area (Å²) in [6.07, 6.45) is 4.39. The molecule has 0 radical (unpaired) electrons. The molecular formula is C26H29N3O2. The van der Waals surface area contributed by atoms with E-state index < -0.39 is 0 Å². The number of amides is 1. The molecule has 1 aliphatic rings. The second-order valence-corrected chi connectivity index (χ2v) is 8.30. The molecule has 0 aliphatic carbocycles. The van der Waals surface area contributed by atoms with E-state index in [1.54, 1.807) is 6.08 Å². The van der Waals surface area contributed by atoms with Crippen molar-refractivity contribution in [2.24, 2.45) is 5.92 Å². The van der Waals surface area contributed by atoms with Crippen LogP contribution in [0.2, 0.25) is 0 Å². The lowest BCUT2D eigenvalue weighted by Crippen LogP contribution is -2.33. The van der Waals surface area contributed by atoms with Crippen molar-refractivity contribution in [1.82, 2.24) is 15.1 Å². The monoisotopic (exact) mass is 415 g/mol. The zero-order valence-corrected chi connectivity index (χ0v) is 18.4. The Morgan fingerprint density at radius 1 is 1.16 bits per heavy atom. The Balaban J connectivity index is 1.34. The van der Waals surface area contributed by atoms with Crippen molar-refractivity contribution in [2.75, 3.05) is 13.2 Å². The lowest BCUT2D eigenvalue weighted by Gasteiger charge is -2.25. The number of carbonyl (C=O) groups excluding carboxylic acids is 1. The highest BCUT2D eigenvalue weighted by Crippen LogP contribution is 2.26. The molecule has 1 atom stereocenters. The van der Waals surface area contributed by atoms with Crippen molar-refractivity contribution in [1.29, 1.82) is 0 Å². The Morgan fingerprint density at radius 2 is 1.94 bits per heavy atom. The predicted molar refractivity (Wildman–Crippen MR) is 123 cm³/mol. The van der Waals surface area contributed by atoms with Gasteiger partial charge in [0.1, 0.15) is 5.75 Å². The summed E-state index contributed by atoms with van der Waals surface area (Å²) in [5.41, 5.74) is 6.63. The molecule has 1 unspecified atom stereocenters. The molecule has 2 aromatic carbocycles. The van der Waals surface area contributed by atoms with Gasteiger partial charge in [-0.3, -0.25) is 9.48 Å². The number of ether oxygens (including phenoxy) is 1. The van der Waals surface area contributed by atoms with Crippen LogP contribution in [0.4, 0.5) is 0 Å². The van der Waals surface area contributed by atoms with Gasteiger partial charge in [-0.15, -0.1) is 0 Å². The van der Waals surface area contributed by atoms with Gasteiger partial charge in [-0.2, -0.15) is 5.10 Å². The van der Waals surface area contributed by atoms with Gasteiger partial charge in [0, 0.05) is 29.8 Å². The number of hydrogen-bond donors (Lipinski definition) is 1. The first-order chi connectivity index (χ1) is 15.0. The van der Waals surface area contributed by atoms with Gasteiger partial charge in [0.15, 0.2) is 0 Å². The van der Waals surface area contributed by atoms with Crippen LogP contribution < -0.4 is 10.1 Å². The van der Waals surface area contributed by atoms with Crippen LogP contribution in [-0.2, 0) is 17.8 Å². The largest absolute Gasteiger partial charge is 0.493 e. The van der Waals surface area contributed by atoms with Crippen LogP contribution in [0.3, 0.4) is 0 Å². The molecule has 1 N–H and O–H groups in total. The van der Waals surface area contributed by atoms with Crippen LogP contribution in [-0.4, -0.2) is 28.8 Å². The summed E-state index contributed by atoms with van der Waals surface area (Å²) in [7, 11) is 0. The van der Waals surface area contributed by atoms with Gasteiger partial charge in [0.05, 0.1) is 18.8 Å². The molecule has 1 aromatic heterocycles. The highest BCUT2D eigenvalue weighted by molar-refractivity contribution is 5.92. The Labute approximate surface area is 183 Å². The number of rotatable bonds is 6. The minimum absolute atomic E-state index is 0.0936. The molecule has 0 saturated heterocycles. The number of para-hydroxylation sites is 1. The summed E-state index contributed by atoms with van der Waals surface area (Å²) in [5, 5.41) is 7.68. The predicted octanol–water partition coefficient (Wildman–Crippen LogP) is 4.24. The Bertz CT molecular complexity index is 1100. The molecule has 0 fully saturated rings. The molecule has 0 saturated carbocycles. The number of benzene rings is 2. The summed E-state index contributed by atoms with van der Waals surface area (Å²) in [6.45, 7) is 8.06. The van der Waals surface area contributed by atoms with E-state index in [2.05, 4.69) is 47.7 Å². The standard InChI is InChI=1S/C26H29N3O2/c1-18-8-10-21(11-9-18)16-29-20(3)24(19(2)28-29)12-13-26(30)27-15-22-14-23-6-4-5-7-25(23)31-17-22/h4-13,22H,14-17H2,1-3H3,(H,27,30)/b13-12+. The minimum atomic E-state index is -0.0936. The second-order valence-electron chi connectivity index (χ2n) is 8.30. The fourth-order valence-electron chi connectivity index (χ4n) is 3.96. The number of carbonyl (C=O) groups is 1. The third-order valence-electron chi connectivity index (χ3n) is 5.81. The van der Waals surface area contributed by atoms with E-state index >= 15 is 0 Å². The maximum absolute atomic E-state index is 12.4. The van der Waals surface area contributed by atoms with Gasteiger partial charge < -0.3 is 10.1 Å². The van der Waals surface area contributed by atoms with Gasteiger partial charge in [0.25, 0.3) is 0 Å². The van der Waals surface area contributed by atoms with Crippen molar-refractivity contribution in [2.45, 2.75) is 33.7 Å². The lowest BCUT2D eigenvalue weighted by molar-refractivity contribution is -0.116. The topological polar surface area (TPSA) is 56.2 Å². The summed E-state index contributed by atoms with van der Waals surface area (Å²) in [5.74, 6) is 1.15. The molecule has 2 heterocycles. The summed E-state index contributed by atoms with van der Waals surface area (Å²) in [4.78, 5) is 12.4. The molecule has 4 rings (SSSR count). The normalized spacial score (nSPS) is 15.5. The van der Waals surface area contributed by atoms with Gasteiger partial charge >= 0.3 is 0 Å². The molecule has 1 amide bonds. The van der Waals surface area contributed by atoms with Gasteiger partial charge in [-0.1, -0.05) is 48.0 Å². The minimum Gasteiger partial charge on any atom is -0.493 e. The quantitative estimate of drug-likeness (QED) is 0.613. The average molecular weight is 416 g/mol. The SMILES string of the molecule is Cc1ccc(Cn2nc(C)c(/C=C/C(=O)NCC3COc4ccccc4C3)c2C)cc1. The van der Waals surface area contributed by atoms with Gasteiger partial charge in [-0.25, -0.2) is 0 Å². The lowest BCUT2D eigenvalue weighted by atomic mass is 9.97. The van der Waals surface area contributed by atoms with E-state index in [0.717, 1.165) is 35.7 Å². The van der Waals surface area contributed by atoms with Crippen molar-refractivity contribution in [3.05, 3.63) is 88.2 Å². The fourth-order valence-corrected chi connectivity index (χ4v) is 3.96. The zero-order valence-electron chi connectivity index (χ0n) is 18.4.